The van der Waals surface area contributed by atoms with Gasteiger partial charge in [-0.25, -0.2) is 18.4 Å². The van der Waals surface area contributed by atoms with Gasteiger partial charge >= 0.3 is 0 Å². The molecule has 2 unspecified atom stereocenters. The van der Waals surface area contributed by atoms with Gasteiger partial charge in [0, 0.05) is 19.1 Å². The maximum atomic E-state index is 12.6. The number of rotatable bonds is 5. The number of hydrogen-bond acceptors (Lipinski definition) is 6. The molecule has 2 heterocycles. The zero-order valence-corrected chi connectivity index (χ0v) is 13.4. The lowest BCUT2D eigenvalue weighted by molar-refractivity contribution is -0.0170. The molecular formula is C13H22N4O3S. The molecule has 1 aromatic heterocycles. The number of morpholine rings is 1. The Morgan fingerprint density at radius 1 is 1.38 bits per heavy atom. The normalized spacial score (nSPS) is 24.0. The Balaban J connectivity index is 2.18. The van der Waals surface area contributed by atoms with E-state index in [-0.39, 0.29) is 17.0 Å². The summed E-state index contributed by atoms with van der Waals surface area (Å²) in [4.78, 5) is 8.24. The molecule has 21 heavy (non-hydrogen) atoms. The van der Waals surface area contributed by atoms with Crippen molar-refractivity contribution in [1.29, 1.82) is 0 Å². The van der Waals surface area contributed by atoms with Crippen LogP contribution < -0.4 is 5.32 Å². The number of nitrogens with one attached hydrogen (secondary N) is 1. The second kappa shape index (κ2) is 6.67. The molecule has 0 aromatic carbocycles. The molecule has 1 aliphatic heterocycles. The number of hydrogen-bond donors (Lipinski definition) is 1. The first-order valence-electron chi connectivity index (χ1n) is 7.14. The Kier molecular flexibility index (Phi) is 5.13. The Labute approximate surface area is 125 Å². The average Bonchev–Trinajstić information content (AvgIpc) is 2.48. The number of nitrogens with zero attached hydrogens (tertiary/aromatic N) is 3. The number of anilines is 1. The zero-order chi connectivity index (χ0) is 15.5. The van der Waals surface area contributed by atoms with Crippen molar-refractivity contribution < 1.29 is 13.2 Å². The first kappa shape index (κ1) is 16.1. The van der Waals surface area contributed by atoms with E-state index in [1.54, 1.807) is 0 Å². The number of ether oxygens (including phenoxy) is 1. The summed E-state index contributed by atoms with van der Waals surface area (Å²) in [5, 5.41) is 3.02. The van der Waals surface area contributed by atoms with Gasteiger partial charge in [0.1, 0.15) is 4.90 Å². The van der Waals surface area contributed by atoms with Crippen LogP contribution in [0.15, 0.2) is 17.3 Å². The molecule has 0 radical (unpaired) electrons. The van der Waals surface area contributed by atoms with E-state index >= 15 is 0 Å². The molecule has 2 atom stereocenters. The van der Waals surface area contributed by atoms with Gasteiger partial charge in [0.05, 0.1) is 25.1 Å². The van der Waals surface area contributed by atoms with Gasteiger partial charge in [-0.2, -0.15) is 4.31 Å². The molecule has 2 rings (SSSR count). The predicted octanol–water partition coefficient (Wildman–Crippen LogP) is 1.10. The molecule has 118 valence electrons. The lowest BCUT2D eigenvalue weighted by atomic mass is 10.2. The van der Waals surface area contributed by atoms with Crippen molar-refractivity contribution >= 4 is 16.0 Å². The van der Waals surface area contributed by atoms with Gasteiger partial charge in [0.2, 0.25) is 16.0 Å². The summed E-state index contributed by atoms with van der Waals surface area (Å²) >= 11 is 0. The highest BCUT2D eigenvalue weighted by atomic mass is 32.2. The molecule has 1 aliphatic rings. The third-order valence-corrected chi connectivity index (χ3v) is 5.25. The predicted molar refractivity (Wildman–Crippen MR) is 79.6 cm³/mol. The van der Waals surface area contributed by atoms with Crippen molar-refractivity contribution in [2.45, 2.75) is 44.2 Å². The Hall–Kier alpha value is -1.25. The van der Waals surface area contributed by atoms with Crippen LogP contribution in [0.5, 0.6) is 0 Å². The van der Waals surface area contributed by atoms with E-state index in [0.29, 0.717) is 19.1 Å². The molecule has 8 heteroatoms. The van der Waals surface area contributed by atoms with Crippen LogP contribution in [0.2, 0.25) is 0 Å². The third-order valence-electron chi connectivity index (χ3n) is 3.32. The fourth-order valence-corrected chi connectivity index (χ4v) is 3.70. The summed E-state index contributed by atoms with van der Waals surface area (Å²) in [5.74, 6) is 0.444. The highest BCUT2D eigenvalue weighted by molar-refractivity contribution is 7.89. The van der Waals surface area contributed by atoms with Gasteiger partial charge in [-0.1, -0.05) is 6.92 Å². The van der Waals surface area contributed by atoms with Crippen molar-refractivity contribution in [1.82, 2.24) is 14.3 Å². The van der Waals surface area contributed by atoms with E-state index in [1.807, 2.05) is 20.8 Å². The van der Waals surface area contributed by atoms with Crippen molar-refractivity contribution in [3.63, 3.8) is 0 Å². The number of aromatic nitrogens is 2. The highest BCUT2D eigenvalue weighted by Crippen LogP contribution is 2.21. The van der Waals surface area contributed by atoms with E-state index in [4.69, 9.17) is 4.74 Å². The molecule has 1 N–H and O–H groups in total. The zero-order valence-electron chi connectivity index (χ0n) is 12.6. The summed E-state index contributed by atoms with van der Waals surface area (Å²) in [6.07, 6.45) is 3.55. The van der Waals surface area contributed by atoms with Gasteiger partial charge in [0.15, 0.2) is 0 Å². The van der Waals surface area contributed by atoms with Crippen LogP contribution in [0.3, 0.4) is 0 Å². The van der Waals surface area contributed by atoms with Crippen molar-refractivity contribution in [2.75, 3.05) is 25.0 Å². The SMILES string of the molecule is CCCNc1ncc(S(=O)(=O)N2CC(C)OCC2C)cn1. The standard InChI is InChI=1S/C13H22N4O3S/c1-4-5-14-13-15-6-12(7-16-13)21(18,19)17-8-11(3)20-9-10(17)2/h6-7,10-11H,4-5,8-9H2,1-3H3,(H,14,15,16). The van der Waals surface area contributed by atoms with Gasteiger partial charge in [-0.05, 0) is 20.3 Å². The Bertz CT molecular complexity index is 561. The maximum absolute atomic E-state index is 12.6. The Morgan fingerprint density at radius 2 is 2.05 bits per heavy atom. The third kappa shape index (κ3) is 3.69. The van der Waals surface area contributed by atoms with Crippen LogP contribution in [0, 0.1) is 0 Å². The minimum absolute atomic E-state index is 0.109. The van der Waals surface area contributed by atoms with Gasteiger partial charge in [-0.3, -0.25) is 0 Å². The van der Waals surface area contributed by atoms with Crippen LogP contribution in [0.4, 0.5) is 5.95 Å². The lowest BCUT2D eigenvalue weighted by Gasteiger charge is -2.35. The Morgan fingerprint density at radius 3 is 2.67 bits per heavy atom. The van der Waals surface area contributed by atoms with Gasteiger partial charge < -0.3 is 10.1 Å². The van der Waals surface area contributed by atoms with E-state index in [9.17, 15) is 8.42 Å². The van der Waals surface area contributed by atoms with Gasteiger partial charge in [-0.15, -0.1) is 0 Å². The quantitative estimate of drug-likeness (QED) is 0.876. The van der Waals surface area contributed by atoms with Crippen LogP contribution >= 0.6 is 0 Å². The largest absolute Gasteiger partial charge is 0.375 e. The molecule has 0 bridgehead atoms. The summed E-state index contributed by atoms with van der Waals surface area (Å²) in [5.41, 5.74) is 0. The van der Waals surface area contributed by atoms with Crippen molar-refractivity contribution in [3.05, 3.63) is 12.4 Å². The first-order chi connectivity index (χ1) is 9.95. The van der Waals surface area contributed by atoms with Crippen LogP contribution in [0.25, 0.3) is 0 Å². The van der Waals surface area contributed by atoms with Crippen molar-refractivity contribution in [2.24, 2.45) is 0 Å². The molecule has 0 aliphatic carbocycles. The minimum atomic E-state index is -3.58. The fourth-order valence-electron chi connectivity index (χ4n) is 2.12. The van der Waals surface area contributed by atoms with Crippen LogP contribution in [0.1, 0.15) is 27.2 Å². The minimum Gasteiger partial charge on any atom is -0.375 e. The summed E-state index contributed by atoms with van der Waals surface area (Å²) in [6.45, 7) is 7.23. The number of sulfonamides is 1. The second-order valence-corrected chi connectivity index (χ2v) is 7.13. The summed E-state index contributed by atoms with van der Waals surface area (Å²) in [6, 6.07) is -0.191. The maximum Gasteiger partial charge on any atom is 0.246 e. The topological polar surface area (TPSA) is 84.4 Å². The molecule has 1 saturated heterocycles. The molecule has 1 fully saturated rings. The van der Waals surface area contributed by atoms with Crippen LogP contribution in [-0.4, -0.2) is 54.5 Å². The fraction of sp³-hybridized carbons (Fsp3) is 0.692. The monoisotopic (exact) mass is 314 g/mol. The molecule has 0 amide bonds. The molecule has 0 saturated carbocycles. The lowest BCUT2D eigenvalue weighted by Crippen LogP contribution is -2.50. The first-order valence-corrected chi connectivity index (χ1v) is 8.58. The summed E-state index contributed by atoms with van der Waals surface area (Å²) in [7, 11) is -3.58. The molecule has 1 aromatic rings. The molecule has 7 nitrogen and oxygen atoms in total. The van der Waals surface area contributed by atoms with Crippen molar-refractivity contribution in [3.8, 4) is 0 Å². The van der Waals surface area contributed by atoms with E-state index < -0.39 is 10.0 Å². The van der Waals surface area contributed by atoms with E-state index in [0.717, 1.165) is 13.0 Å². The van der Waals surface area contributed by atoms with Gasteiger partial charge in [0.25, 0.3) is 0 Å². The van der Waals surface area contributed by atoms with Crippen LogP contribution in [-0.2, 0) is 14.8 Å². The molecule has 0 spiro atoms. The summed E-state index contributed by atoms with van der Waals surface area (Å²) < 4.78 is 32.2. The second-order valence-electron chi connectivity index (χ2n) is 5.24. The smallest absolute Gasteiger partial charge is 0.246 e. The average molecular weight is 314 g/mol. The molecular weight excluding hydrogens is 292 g/mol. The van der Waals surface area contributed by atoms with E-state index in [1.165, 1.54) is 16.7 Å². The highest BCUT2D eigenvalue weighted by Gasteiger charge is 2.34. The van der Waals surface area contributed by atoms with E-state index in [2.05, 4.69) is 15.3 Å².